The Bertz CT molecular complexity index is 767. The predicted octanol–water partition coefficient (Wildman–Crippen LogP) is 5.44. The van der Waals surface area contributed by atoms with E-state index in [9.17, 15) is 0 Å². The van der Waals surface area contributed by atoms with E-state index < -0.39 is 0 Å². The lowest BCUT2D eigenvalue weighted by atomic mass is 10.1. The first-order valence-corrected chi connectivity index (χ1v) is 7.10. The van der Waals surface area contributed by atoms with Crippen molar-refractivity contribution in [2.75, 3.05) is 0 Å². The molecule has 0 aliphatic carbocycles. The molecule has 0 spiro atoms. The van der Waals surface area contributed by atoms with Gasteiger partial charge < -0.3 is 9.15 Å². The minimum absolute atomic E-state index is 0.559. The van der Waals surface area contributed by atoms with Crippen molar-refractivity contribution in [1.29, 1.82) is 0 Å². The highest BCUT2D eigenvalue weighted by Crippen LogP contribution is 2.25. The second-order valence-electron chi connectivity index (χ2n) is 5.06. The maximum absolute atomic E-state index is 5.83. The highest BCUT2D eigenvalue weighted by Gasteiger charge is 2.06. The molecule has 0 saturated carbocycles. The molecule has 0 saturated heterocycles. The standard InChI is InChI=1S/C19H18O2/c1-3-14(2)19-12-16-11-15(9-10-18(16)21-19)13-20-17-7-5-4-6-8-17/h3-12H,13H2,1-2H3/b14-3+. The average molecular weight is 278 g/mol. The number of furan rings is 1. The molecular weight excluding hydrogens is 260 g/mol. The zero-order chi connectivity index (χ0) is 14.7. The predicted molar refractivity (Wildman–Crippen MR) is 86.3 cm³/mol. The van der Waals surface area contributed by atoms with Crippen LogP contribution in [0.5, 0.6) is 5.75 Å². The molecule has 21 heavy (non-hydrogen) atoms. The minimum Gasteiger partial charge on any atom is -0.489 e. The van der Waals surface area contributed by atoms with Crippen molar-refractivity contribution in [2.24, 2.45) is 0 Å². The Labute approximate surface area is 124 Å². The normalized spacial score (nSPS) is 11.8. The first kappa shape index (κ1) is 13.5. The second-order valence-corrected chi connectivity index (χ2v) is 5.06. The van der Waals surface area contributed by atoms with Gasteiger partial charge in [-0.15, -0.1) is 0 Å². The summed E-state index contributed by atoms with van der Waals surface area (Å²) in [5.41, 5.74) is 3.19. The van der Waals surface area contributed by atoms with E-state index in [0.717, 1.165) is 33.6 Å². The summed E-state index contributed by atoms with van der Waals surface area (Å²) in [5, 5.41) is 1.11. The zero-order valence-corrected chi connectivity index (χ0v) is 12.3. The molecule has 0 aliphatic heterocycles. The maximum Gasteiger partial charge on any atom is 0.134 e. The largest absolute Gasteiger partial charge is 0.489 e. The van der Waals surface area contributed by atoms with Crippen LogP contribution in [-0.4, -0.2) is 0 Å². The molecule has 1 heterocycles. The van der Waals surface area contributed by atoms with Gasteiger partial charge in [0.15, 0.2) is 0 Å². The summed E-state index contributed by atoms with van der Waals surface area (Å²) in [5.74, 6) is 1.81. The molecule has 2 heteroatoms. The van der Waals surface area contributed by atoms with Crippen molar-refractivity contribution in [3.05, 3.63) is 72.0 Å². The Morgan fingerprint density at radius 3 is 2.67 bits per heavy atom. The zero-order valence-electron chi connectivity index (χ0n) is 12.3. The van der Waals surface area contributed by atoms with Gasteiger partial charge in [0.1, 0.15) is 23.7 Å². The van der Waals surface area contributed by atoms with Crippen molar-refractivity contribution < 1.29 is 9.15 Å². The molecule has 0 aliphatic rings. The Hall–Kier alpha value is -2.48. The van der Waals surface area contributed by atoms with Crippen LogP contribution in [0, 0.1) is 0 Å². The Morgan fingerprint density at radius 2 is 1.90 bits per heavy atom. The quantitative estimate of drug-likeness (QED) is 0.634. The van der Waals surface area contributed by atoms with E-state index in [1.165, 1.54) is 0 Å². The molecule has 1 aromatic heterocycles. The van der Waals surface area contributed by atoms with Gasteiger partial charge in [0.25, 0.3) is 0 Å². The van der Waals surface area contributed by atoms with Crippen LogP contribution in [0.3, 0.4) is 0 Å². The summed E-state index contributed by atoms with van der Waals surface area (Å²) in [4.78, 5) is 0. The molecule has 0 atom stereocenters. The van der Waals surface area contributed by atoms with Gasteiger partial charge in [0.05, 0.1) is 0 Å². The summed E-state index contributed by atoms with van der Waals surface area (Å²) in [6.07, 6.45) is 2.05. The van der Waals surface area contributed by atoms with Crippen LogP contribution in [0.25, 0.3) is 16.5 Å². The van der Waals surface area contributed by atoms with Gasteiger partial charge in [0.2, 0.25) is 0 Å². The lowest BCUT2D eigenvalue weighted by Gasteiger charge is -2.05. The van der Waals surface area contributed by atoms with E-state index in [4.69, 9.17) is 9.15 Å². The van der Waals surface area contributed by atoms with Crippen LogP contribution in [0.1, 0.15) is 25.2 Å². The molecule has 3 aromatic rings. The number of benzene rings is 2. The molecule has 2 nitrogen and oxygen atoms in total. The smallest absolute Gasteiger partial charge is 0.134 e. The first-order valence-electron chi connectivity index (χ1n) is 7.10. The summed E-state index contributed by atoms with van der Waals surface area (Å²) >= 11 is 0. The summed E-state index contributed by atoms with van der Waals surface area (Å²) in [6.45, 7) is 4.63. The number of allylic oxidation sites excluding steroid dienone is 2. The fraction of sp³-hybridized carbons (Fsp3) is 0.158. The van der Waals surface area contributed by atoms with Crippen LogP contribution in [-0.2, 0) is 6.61 Å². The fourth-order valence-electron chi connectivity index (χ4n) is 2.20. The van der Waals surface area contributed by atoms with Crippen LogP contribution < -0.4 is 4.74 Å². The monoisotopic (exact) mass is 278 g/mol. The van der Waals surface area contributed by atoms with Crippen molar-refractivity contribution in [3.63, 3.8) is 0 Å². The molecule has 0 N–H and O–H groups in total. The molecule has 0 unspecified atom stereocenters. The molecular formula is C19H18O2. The van der Waals surface area contributed by atoms with E-state index in [0.29, 0.717) is 6.61 Å². The molecule has 106 valence electrons. The Balaban J connectivity index is 1.81. The molecule has 0 bridgehead atoms. The topological polar surface area (TPSA) is 22.4 Å². The number of para-hydroxylation sites is 1. The number of hydrogen-bond acceptors (Lipinski definition) is 2. The van der Waals surface area contributed by atoms with Crippen molar-refractivity contribution >= 4 is 16.5 Å². The van der Waals surface area contributed by atoms with Crippen LogP contribution >= 0.6 is 0 Å². The van der Waals surface area contributed by atoms with Gasteiger partial charge in [0, 0.05) is 5.39 Å². The third-order valence-electron chi connectivity index (χ3n) is 3.55. The van der Waals surface area contributed by atoms with Gasteiger partial charge >= 0.3 is 0 Å². The molecule has 2 aromatic carbocycles. The van der Waals surface area contributed by atoms with E-state index >= 15 is 0 Å². The number of ether oxygens (including phenoxy) is 1. The van der Waals surface area contributed by atoms with E-state index in [-0.39, 0.29) is 0 Å². The van der Waals surface area contributed by atoms with Crippen molar-refractivity contribution in [1.82, 2.24) is 0 Å². The first-order chi connectivity index (χ1) is 10.3. The lowest BCUT2D eigenvalue weighted by molar-refractivity contribution is 0.306. The number of rotatable bonds is 4. The summed E-state index contributed by atoms with van der Waals surface area (Å²) in [6, 6.07) is 18.1. The van der Waals surface area contributed by atoms with Gasteiger partial charge in [-0.3, -0.25) is 0 Å². The second kappa shape index (κ2) is 5.88. The van der Waals surface area contributed by atoms with E-state index in [1.54, 1.807) is 0 Å². The fourth-order valence-corrected chi connectivity index (χ4v) is 2.20. The minimum atomic E-state index is 0.559. The van der Waals surface area contributed by atoms with Crippen molar-refractivity contribution in [2.45, 2.75) is 20.5 Å². The Kier molecular flexibility index (Phi) is 3.78. The maximum atomic E-state index is 5.83. The third-order valence-corrected chi connectivity index (χ3v) is 3.55. The van der Waals surface area contributed by atoms with Crippen LogP contribution in [0.4, 0.5) is 0 Å². The summed E-state index contributed by atoms with van der Waals surface area (Å²) < 4.78 is 11.6. The molecule has 0 fully saturated rings. The summed E-state index contributed by atoms with van der Waals surface area (Å²) in [7, 11) is 0. The van der Waals surface area contributed by atoms with Gasteiger partial charge in [-0.1, -0.05) is 30.3 Å². The lowest BCUT2D eigenvalue weighted by Crippen LogP contribution is -1.94. The van der Waals surface area contributed by atoms with Crippen molar-refractivity contribution in [3.8, 4) is 5.75 Å². The van der Waals surface area contributed by atoms with Crippen LogP contribution in [0.15, 0.2) is 65.1 Å². The molecule has 3 rings (SSSR count). The number of hydrogen-bond donors (Lipinski definition) is 0. The molecule has 0 radical (unpaired) electrons. The van der Waals surface area contributed by atoms with Gasteiger partial charge in [-0.25, -0.2) is 0 Å². The van der Waals surface area contributed by atoms with Gasteiger partial charge in [-0.2, -0.15) is 0 Å². The van der Waals surface area contributed by atoms with Crippen LogP contribution in [0.2, 0.25) is 0 Å². The Morgan fingerprint density at radius 1 is 1.10 bits per heavy atom. The number of fused-ring (bicyclic) bond motifs is 1. The SMILES string of the molecule is C/C=C(\C)c1cc2cc(COc3ccccc3)ccc2o1. The highest BCUT2D eigenvalue weighted by atomic mass is 16.5. The van der Waals surface area contributed by atoms with E-state index in [1.807, 2.05) is 49.4 Å². The molecule has 0 amide bonds. The van der Waals surface area contributed by atoms with E-state index in [2.05, 4.69) is 25.1 Å². The average Bonchev–Trinajstić information content (AvgIpc) is 2.96. The third kappa shape index (κ3) is 3.00. The highest BCUT2D eigenvalue weighted by molar-refractivity contribution is 5.82. The van der Waals surface area contributed by atoms with Gasteiger partial charge in [-0.05, 0) is 55.3 Å².